The van der Waals surface area contributed by atoms with E-state index in [-0.39, 0.29) is 24.5 Å². The van der Waals surface area contributed by atoms with Crippen LogP contribution in [0.15, 0.2) is 12.1 Å². The summed E-state index contributed by atoms with van der Waals surface area (Å²) in [5.41, 5.74) is -0.128. The lowest BCUT2D eigenvalue weighted by atomic mass is 10.1. The van der Waals surface area contributed by atoms with Gasteiger partial charge in [-0.25, -0.2) is 0 Å². The minimum absolute atomic E-state index is 0.0900. The van der Waals surface area contributed by atoms with Gasteiger partial charge in [-0.1, -0.05) is 34.8 Å². The number of benzene rings is 1. The summed E-state index contributed by atoms with van der Waals surface area (Å²) >= 11 is 17.6. The van der Waals surface area contributed by atoms with Gasteiger partial charge in [0.05, 0.1) is 21.7 Å². The smallest absolute Gasteiger partial charge is 0.257 e. The highest BCUT2D eigenvalue weighted by molar-refractivity contribution is 6.43. The van der Waals surface area contributed by atoms with Crippen molar-refractivity contribution >= 4 is 40.7 Å². The molecule has 0 spiro atoms. The first-order valence-corrected chi connectivity index (χ1v) is 7.24. The van der Waals surface area contributed by atoms with Gasteiger partial charge in [-0.05, 0) is 18.9 Å². The highest BCUT2D eigenvalue weighted by Crippen LogP contribution is 2.44. The highest BCUT2D eigenvalue weighted by atomic mass is 35.5. The second-order valence-corrected chi connectivity index (χ2v) is 6.14. The Bertz CT molecular complexity index is 518. The van der Waals surface area contributed by atoms with Gasteiger partial charge in [0, 0.05) is 18.0 Å². The molecule has 0 aromatic heterocycles. The number of carbonyl (C=O) groups is 1. The Morgan fingerprint density at radius 2 is 1.90 bits per heavy atom. The average Bonchev–Trinajstić information content (AvgIpc) is 3.20. The Kier molecular flexibility index (Phi) is 5.02. The van der Waals surface area contributed by atoms with Crippen molar-refractivity contribution in [3.63, 3.8) is 0 Å². The molecule has 0 unspecified atom stereocenters. The van der Waals surface area contributed by atoms with Crippen LogP contribution >= 0.6 is 34.8 Å². The molecular formula is C13H14Cl3NO3. The number of halogens is 3. The van der Waals surface area contributed by atoms with E-state index < -0.39 is 0 Å². The SMILES string of the molecule is O=C(COc1cc(Cl)c(Cl)cc1Cl)NCC1(CO)CC1. The lowest BCUT2D eigenvalue weighted by Crippen LogP contribution is -2.35. The Hall–Kier alpha value is -0.680. The normalized spacial score (nSPS) is 15.8. The van der Waals surface area contributed by atoms with Crippen LogP contribution in [0.25, 0.3) is 0 Å². The zero-order valence-corrected chi connectivity index (χ0v) is 12.9. The van der Waals surface area contributed by atoms with Gasteiger partial charge in [0.25, 0.3) is 5.91 Å². The fraction of sp³-hybridized carbons (Fsp3) is 0.462. The number of ether oxygens (including phenoxy) is 1. The summed E-state index contributed by atoms with van der Waals surface area (Å²) in [4.78, 5) is 11.7. The summed E-state index contributed by atoms with van der Waals surface area (Å²) in [7, 11) is 0. The Morgan fingerprint density at radius 1 is 1.25 bits per heavy atom. The van der Waals surface area contributed by atoms with Crippen LogP contribution in [-0.2, 0) is 4.79 Å². The molecule has 0 radical (unpaired) electrons. The van der Waals surface area contributed by atoms with Crippen LogP contribution in [-0.4, -0.2) is 30.8 Å². The van der Waals surface area contributed by atoms with Crippen molar-refractivity contribution in [2.75, 3.05) is 19.8 Å². The first-order valence-electron chi connectivity index (χ1n) is 6.11. The number of nitrogens with one attached hydrogen (secondary N) is 1. The average molecular weight is 339 g/mol. The number of aliphatic hydroxyl groups is 1. The molecule has 0 heterocycles. The van der Waals surface area contributed by atoms with Gasteiger partial charge in [-0.3, -0.25) is 4.79 Å². The lowest BCUT2D eigenvalue weighted by Gasteiger charge is -2.13. The van der Waals surface area contributed by atoms with Crippen molar-refractivity contribution in [1.82, 2.24) is 5.32 Å². The summed E-state index contributed by atoms with van der Waals surface area (Å²) in [6, 6.07) is 2.93. The fourth-order valence-electron chi connectivity index (χ4n) is 1.66. The molecule has 1 aliphatic rings. The molecule has 1 aromatic carbocycles. The molecule has 1 amide bonds. The number of carbonyl (C=O) groups excluding carboxylic acids is 1. The van der Waals surface area contributed by atoms with E-state index in [0.717, 1.165) is 12.8 Å². The van der Waals surface area contributed by atoms with Gasteiger partial charge in [-0.2, -0.15) is 0 Å². The first kappa shape index (κ1) is 15.7. The molecule has 1 saturated carbocycles. The monoisotopic (exact) mass is 337 g/mol. The summed E-state index contributed by atoms with van der Waals surface area (Å²) in [6.45, 7) is 0.382. The van der Waals surface area contributed by atoms with Gasteiger partial charge >= 0.3 is 0 Å². The Balaban J connectivity index is 1.83. The zero-order valence-electron chi connectivity index (χ0n) is 10.6. The molecule has 1 fully saturated rings. The van der Waals surface area contributed by atoms with Crippen molar-refractivity contribution in [1.29, 1.82) is 0 Å². The second-order valence-electron chi connectivity index (χ2n) is 4.92. The summed E-state index contributed by atoms with van der Waals surface area (Å²) in [5.74, 6) is 0.0337. The van der Waals surface area contributed by atoms with E-state index in [1.54, 1.807) is 0 Å². The first-order chi connectivity index (χ1) is 9.46. The van der Waals surface area contributed by atoms with Gasteiger partial charge in [-0.15, -0.1) is 0 Å². The maximum Gasteiger partial charge on any atom is 0.257 e. The van der Waals surface area contributed by atoms with E-state index in [1.165, 1.54) is 12.1 Å². The predicted molar refractivity (Wildman–Crippen MR) is 78.7 cm³/mol. The van der Waals surface area contributed by atoms with E-state index in [1.807, 2.05) is 0 Å². The molecule has 20 heavy (non-hydrogen) atoms. The second kappa shape index (κ2) is 6.39. The van der Waals surface area contributed by atoms with Crippen LogP contribution in [0.1, 0.15) is 12.8 Å². The van der Waals surface area contributed by atoms with Crippen LogP contribution in [0.3, 0.4) is 0 Å². The quantitative estimate of drug-likeness (QED) is 0.784. The third-order valence-corrected chi connectivity index (χ3v) is 4.30. The summed E-state index contributed by atoms with van der Waals surface area (Å²) in [5, 5.41) is 12.8. The van der Waals surface area contributed by atoms with E-state index in [2.05, 4.69) is 5.32 Å². The molecule has 0 bridgehead atoms. The van der Waals surface area contributed by atoms with Crippen LogP contribution in [0.4, 0.5) is 0 Å². The molecule has 1 aliphatic carbocycles. The standard InChI is InChI=1S/C13H14Cl3NO3/c14-8-3-10(16)11(4-9(8)15)20-5-12(19)17-6-13(7-18)1-2-13/h3-4,18H,1-2,5-7H2,(H,17,19). The minimum Gasteiger partial charge on any atom is -0.482 e. The fourth-order valence-corrected chi connectivity index (χ4v) is 2.25. The Labute approximate surface area is 132 Å². The molecule has 2 N–H and O–H groups in total. The highest BCUT2D eigenvalue weighted by Gasteiger charge is 2.42. The molecule has 2 rings (SSSR count). The maximum absolute atomic E-state index is 11.7. The van der Waals surface area contributed by atoms with Gasteiger partial charge in [0.2, 0.25) is 0 Å². The molecule has 7 heteroatoms. The maximum atomic E-state index is 11.7. The number of aliphatic hydroxyl groups excluding tert-OH is 1. The molecule has 4 nitrogen and oxygen atoms in total. The summed E-state index contributed by atoms with van der Waals surface area (Å²) < 4.78 is 5.30. The summed E-state index contributed by atoms with van der Waals surface area (Å²) in [6.07, 6.45) is 1.87. The number of hydrogen-bond donors (Lipinski definition) is 2. The van der Waals surface area contributed by atoms with E-state index in [9.17, 15) is 4.79 Å². The van der Waals surface area contributed by atoms with Crippen LogP contribution in [0.2, 0.25) is 15.1 Å². The van der Waals surface area contributed by atoms with Crippen LogP contribution < -0.4 is 10.1 Å². The molecule has 0 saturated heterocycles. The van der Waals surface area contributed by atoms with Crippen molar-refractivity contribution in [3.05, 3.63) is 27.2 Å². The third kappa shape index (κ3) is 3.92. The topological polar surface area (TPSA) is 58.6 Å². The largest absolute Gasteiger partial charge is 0.482 e. The zero-order chi connectivity index (χ0) is 14.8. The van der Waals surface area contributed by atoms with Gasteiger partial charge in [0.15, 0.2) is 6.61 Å². The van der Waals surface area contributed by atoms with E-state index in [4.69, 9.17) is 44.6 Å². The van der Waals surface area contributed by atoms with E-state index in [0.29, 0.717) is 27.4 Å². The van der Waals surface area contributed by atoms with Crippen molar-refractivity contribution in [2.45, 2.75) is 12.8 Å². The van der Waals surface area contributed by atoms with Crippen molar-refractivity contribution in [2.24, 2.45) is 5.41 Å². The molecule has 0 atom stereocenters. The number of amides is 1. The van der Waals surface area contributed by atoms with E-state index >= 15 is 0 Å². The van der Waals surface area contributed by atoms with Gasteiger partial charge in [0.1, 0.15) is 5.75 Å². The number of hydrogen-bond acceptors (Lipinski definition) is 3. The molecule has 1 aromatic rings. The van der Waals surface area contributed by atoms with Crippen LogP contribution in [0.5, 0.6) is 5.75 Å². The molecular weight excluding hydrogens is 325 g/mol. The Morgan fingerprint density at radius 3 is 2.50 bits per heavy atom. The van der Waals surface area contributed by atoms with Gasteiger partial charge < -0.3 is 15.2 Å². The molecule has 0 aliphatic heterocycles. The molecule has 110 valence electrons. The van der Waals surface area contributed by atoms with Crippen molar-refractivity contribution < 1.29 is 14.6 Å². The van der Waals surface area contributed by atoms with Crippen molar-refractivity contribution in [3.8, 4) is 5.75 Å². The lowest BCUT2D eigenvalue weighted by molar-refractivity contribution is -0.123. The number of rotatable bonds is 6. The third-order valence-electron chi connectivity index (χ3n) is 3.29. The minimum atomic E-state index is -0.271. The predicted octanol–water partition coefficient (Wildman–Crippen LogP) is 2.91. The van der Waals surface area contributed by atoms with Crippen LogP contribution in [0, 0.1) is 5.41 Å².